The Hall–Kier alpha value is -2.93. The van der Waals surface area contributed by atoms with Crippen LogP contribution in [0.3, 0.4) is 0 Å². The van der Waals surface area contributed by atoms with Crippen LogP contribution in [-0.4, -0.2) is 24.1 Å². The van der Waals surface area contributed by atoms with Crippen molar-refractivity contribution >= 4 is 11.5 Å². The largest absolute Gasteiger partial charge is 0.497 e. The van der Waals surface area contributed by atoms with Crippen LogP contribution in [0.4, 0.5) is 0 Å². The molecule has 0 spiro atoms. The summed E-state index contributed by atoms with van der Waals surface area (Å²) in [5.41, 5.74) is 3.90. The predicted molar refractivity (Wildman–Crippen MR) is 107 cm³/mol. The Morgan fingerprint density at radius 1 is 1.22 bits per heavy atom. The summed E-state index contributed by atoms with van der Waals surface area (Å²) >= 11 is 0. The molecular formula is C23H24N2O2. The number of carbonyl (C=O) groups excluding carboxylic acids is 1. The Morgan fingerprint density at radius 2 is 2.00 bits per heavy atom. The molecule has 0 unspecified atom stereocenters. The fourth-order valence-electron chi connectivity index (χ4n) is 3.66. The first kappa shape index (κ1) is 18.8. The van der Waals surface area contributed by atoms with Gasteiger partial charge < -0.3 is 4.74 Å². The lowest BCUT2D eigenvalue weighted by molar-refractivity contribution is 0.100. The average molecular weight is 360 g/mol. The van der Waals surface area contributed by atoms with Crippen molar-refractivity contribution in [2.75, 3.05) is 7.11 Å². The van der Waals surface area contributed by atoms with Crippen molar-refractivity contribution in [3.8, 4) is 11.8 Å². The first-order valence-electron chi connectivity index (χ1n) is 9.33. The molecule has 1 aliphatic rings. The maximum Gasteiger partial charge on any atom is 0.168 e. The van der Waals surface area contributed by atoms with Gasteiger partial charge >= 0.3 is 0 Å². The van der Waals surface area contributed by atoms with E-state index in [1.165, 1.54) is 5.56 Å². The maximum atomic E-state index is 12.9. The van der Waals surface area contributed by atoms with Gasteiger partial charge in [-0.1, -0.05) is 32.0 Å². The molecule has 0 bridgehead atoms. The highest BCUT2D eigenvalue weighted by Crippen LogP contribution is 2.35. The van der Waals surface area contributed by atoms with E-state index in [9.17, 15) is 4.79 Å². The number of carbonyl (C=O) groups is 1. The molecule has 0 aromatic heterocycles. The molecule has 4 nitrogen and oxygen atoms in total. The fraction of sp³-hybridized carbons (Fsp3) is 0.348. The van der Waals surface area contributed by atoms with Crippen molar-refractivity contribution in [2.45, 2.75) is 45.1 Å². The number of ether oxygens (including phenoxy) is 1. The number of fused-ring (bicyclic) bond motifs is 1. The highest BCUT2D eigenvalue weighted by molar-refractivity contribution is 6.17. The summed E-state index contributed by atoms with van der Waals surface area (Å²) < 4.78 is 5.38. The summed E-state index contributed by atoms with van der Waals surface area (Å²) in [5.74, 6) is 0.739. The molecule has 2 aromatic rings. The van der Waals surface area contributed by atoms with Gasteiger partial charge in [0, 0.05) is 11.1 Å². The van der Waals surface area contributed by atoms with Crippen molar-refractivity contribution in [3.05, 3.63) is 64.7 Å². The molecule has 1 heterocycles. The maximum absolute atomic E-state index is 12.9. The van der Waals surface area contributed by atoms with Gasteiger partial charge in [0.1, 0.15) is 5.75 Å². The Bertz CT molecular complexity index is 934. The molecule has 0 saturated carbocycles. The Morgan fingerprint density at radius 3 is 2.67 bits per heavy atom. The van der Waals surface area contributed by atoms with Crippen LogP contribution in [0.25, 0.3) is 0 Å². The highest BCUT2D eigenvalue weighted by Gasteiger charge is 2.33. The number of hydrogen-bond donors (Lipinski definition) is 0. The highest BCUT2D eigenvalue weighted by atomic mass is 16.5. The third kappa shape index (κ3) is 3.78. The normalized spacial score (nSPS) is 14.7. The number of benzene rings is 2. The summed E-state index contributed by atoms with van der Waals surface area (Å²) in [6.07, 6.45) is 2.95. The minimum atomic E-state index is -0.161. The van der Waals surface area contributed by atoms with E-state index in [-0.39, 0.29) is 17.7 Å². The molecule has 0 saturated heterocycles. The van der Waals surface area contributed by atoms with Crippen molar-refractivity contribution in [1.29, 1.82) is 5.26 Å². The van der Waals surface area contributed by atoms with E-state index in [2.05, 4.69) is 26.0 Å². The van der Waals surface area contributed by atoms with Gasteiger partial charge in [-0.2, -0.15) is 5.26 Å². The van der Waals surface area contributed by atoms with Crippen molar-refractivity contribution in [1.82, 2.24) is 0 Å². The third-order valence-electron chi connectivity index (χ3n) is 5.48. The molecule has 2 aromatic carbocycles. The van der Waals surface area contributed by atoms with E-state index in [0.29, 0.717) is 11.1 Å². The zero-order valence-electron chi connectivity index (χ0n) is 16.1. The van der Waals surface area contributed by atoms with Gasteiger partial charge in [0.2, 0.25) is 0 Å². The standard InChI is InChI=1S/C23H24N2O2/c1-4-23(5-2)14-18-9-10-19(27-3)12-20(18)21(25-23)13-22(26)17-8-6-7-16(11-17)15-24/h6-12H,4-5,13-14H2,1-3H3. The number of rotatable bonds is 6. The molecule has 0 aliphatic carbocycles. The second kappa shape index (κ2) is 7.75. The lowest BCUT2D eigenvalue weighted by Gasteiger charge is -2.34. The third-order valence-corrected chi connectivity index (χ3v) is 5.48. The molecule has 27 heavy (non-hydrogen) atoms. The zero-order valence-corrected chi connectivity index (χ0v) is 16.1. The molecule has 0 fully saturated rings. The Kier molecular flexibility index (Phi) is 5.41. The molecule has 1 aliphatic heterocycles. The molecule has 138 valence electrons. The number of hydrogen-bond acceptors (Lipinski definition) is 4. The number of Topliss-reactive ketones (excluding diaryl/α,β-unsaturated/α-hetero) is 1. The van der Waals surface area contributed by atoms with E-state index in [4.69, 9.17) is 15.0 Å². The van der Waals surface area contributed by atoms with Gasteiger partial charge in [-0.3, -0.25) is 9.79 Å². The molecule has 4 heteroatoms. The van der Waals surface area contributed by atoms with Crippen molar-refractivity contribution < 1.29 is 9.53 Å². The van der Waals surface area contributed by atoms with E-state index >= 15 is 0 Å². The van der Waals surface area contributed by atoms with Crippen molar-refractivity contribution in [2.24, 2.45) is 4.99 Å². The summed E-state index contributed by atoms with van der Waals surface area (Å²) in [6, 6.07) is 15.0. The van der Waals surface area contributed by atoms with Crippen molar-refractivity contribution in [3.63, 3.8) is 0 Å². The van der Waals surface area contributed by atoms with Crippen LogP contribution in [0.1, 0.15) is 60.2 Å². The predicted octanol–water partition coefficient (Wildman–Crippen LogP) is 4.74. The molecule has 0 amide bonds. The second-order valence-corrected chi connectivity index (χ2v) is 6.98. The van der Waals surface area contributed by atoms with Crippen LogP contribution in [0.5, 0.6) is 5.75 Å². The molecular weight excluding hydrogens is 336 g/mol. The number of nitrogens with zero attached hydrogens (tertiary/aromatic N) is 2. The van der Waals surface area contributed by atoms with Crippen LogP contribution >= 0.6 is 0 Å². The molecule has 0 N–H and O–H groups in total. The molecule has 0 radical (unpaired) electrons. The van der Waals surface area contributed by atoms with E-state index in [1.807, 2.05) is 12.1 Å². The summed E-state index contributed by atoms with van der Waals surface area (Å²) in [6.45, 7) is 4.30. The smallest absolute Gasteiger partial charge is 0.168 e. The van der Waals surface area contributed by atoms with E-state index in [0.717, 1.165) is 36.3 Å². The van der Waals surface area contributed by atoms with Gasteiger partial charge in [-0.05, 0) is 49.1 Å². The first-order chi connectivity index (χ1) is 13.0. The summed E-state index contributed by atoms with van der Waals surface area (Å²) in [7, 11) is 1.64. The summed E-state index contributed by atoms with van der Waals surface area (Å²) in [4.78, 5) is 18.0. The lowest BCUT2D eigenvalue weighted by Crippen LogP contribution is -2.34. The topological polar surface area (TPSA) is 62.5 Å². The van der Waals surface area contributed by atoms with E-state index < -0.39 is 0 Å². The van der Waals surface area contributed by atoms with Gasteiger partial charge in [-0.25, -0.2) is 0 Å². The zero-order chi connectivity index (χ0) is 19.4. The number of ketones is 1. The Labute approximate surface area is 160 Å². The number of nitriles is 1. The second-order valence-electron chi connectivity index (χ2n) is 6.98. The molecule has 0 atom stereocenters. The van der Waals surface area contributed by atoms with E-state index in [1.54, 1.807) is 31.4 Å². The van der Waals surface area contributed by atoms with Gasteiger partial charge in [0.15, 0.2) is 5.78 Å². The number of methoxy groups -OCH3 is 1. The van der Waals surface area contributed by atoms with Crippen LogP contribution in [0.15, 0.2) is 47.5 Å². The molecule has 3 rings (SSSR count). The monoisotopic (exact) mass is 360 g/mol. The van der Waals surface area contributed by atoms with Gasteiger partial charge in [0.05, 0.1) is 36.4 Å². The van der Waals surface area contributed by atoms with Crippen LogP contribution in [-0.2, 0) is 6.42 Å². The SMILES string of the molecule is CCC1(CC)Cc2ccc(OC)cc2C(CC(=O)c2cccc(C#N)c2)=N1. The lowest BCUT2D eigenvalue weighted by atomic mass is 9.80. The minimum Gasteiger partial charge on any atom is -0.497 e. The fourth-order valence-corrected chi connectivity index (χ4v) is 3.66. The van der Waals surface area contributed by atoms with Crippen LogP contribution < -0.4 is 4.74 Å². The first-order valence-corrected chi connectivity index (χ1v) is 9.33. The average Bonchev–Trinajstić information content (AvgIpc) is 2.73. The van der Waals surface area contributed by atoms with Gasteiger partial charge in [-0.15, -0.1) is 0 Å². The van der Waals surface area contributed by atoms with Crippen LogP contribution in [0.2, 0.25) is 0 Å². The number of aliphatic imine (C=N–C) groups is 1. The Balaban J connectivity index is 2.01. The van der Waals surface area contributed by atoms with Gasteiger partial charge in [0.25, 0.3) is 0 Å². The van der Waals surface area contributed by atoms with Crippen LogP contribution in [0, 0.1) is 11.3 Å². The quantitative estimate of drug-likeness (QED) is 0.699. The summed E-state index contributed by atoms with van der Waals surface area (Å²) in [5, 5.41) is 9.09. The minimum absolute atomic E-state index is 0.0253.